The van der Waals surface area contributed by atoms with Gasteiger partial charge in [-0.1, -0.05) is 49.6 Å². The molecule has 6 nitrogen and oxygen atoms in total. The van der Waals surface area contributed by atoms with Crippen molar-refractivity contribution in [3.05, 3.63) is 92.4 Å². The summed E-state index contributed by atoms with van der Waals surface area (Å²) in [6.45, 7) is 2.07. The zero-order valence-electron chi connectivity index (χ0n) is 16.6. The summed E-state index contributed by atoms with van der Waals surface area (Å²) in [5, 5.41) is 7.00. The summed E-state index contributed by atoms with van der Waals surface area (Å²) in [6.07, 6.45) is 1.43. The molecule has 0 fully saturated rings. The second-order valence-corrected chi connectivity index (χ2v) is 8.42. The van der Waals surface area contributed by atoms with Crippen LogP contribution >= 0.6 is 31.9 Å². The molecule has 2 N–H and O–H groups in total. The number of rotatable bonds is 7. The predicted octanol–water partition coefficient (Wildman–Crippen LogP) is 5.30. The highest BCUT2D eigenvalue weighted by molar-refractivity contribution is 9.10. The summed E-state index contributed by atoms with van der Waals surface area (Å²) in [7, 11) is 0. The minimum absolute atomic E-state index is 0.0737. The van der Waals surface area contributed by atoms with Crippen molar-refractivity contribution in [2.24, 2.45) is 5.10 Å². The molecule has 0 spiro atoms. The normalized spacial score (nSPS) is 10.7. The van der Waals surface area contributed by atoms with Crippen LogP contribution in [-0.2, 0) is 4.79 Å². The molecule has 0 radical (unpaired) electrons. The molecule has 1 amide bonds. The number of carbonyl (C=O) groups is 2. The van der Waals surface area contributed by atoms with Crippen molar-refractivity contribution in [2.45, 2.75) is 6.92 Å². The van der Waals surface area contributed by atoms with Crippen LogP contribution in [0.3, 0.4) is 0 Å². The first-order valence-electron chi connectivity index (χ1n) is 9.30. The van der Waals surface area contributed by atoms with E-state index in [2.05, 4.69) is 47.7 Å². The minimum Gasteiger partial charge on any atom is -0.422 e. The molecule has 0 aliphatic carbocycles. The standard InChI is InChI=1S/C23H19Br2N3O3/c1-15-2-9-20(10-3-15)26-14-22(29)28-27-13-17-12-19(25)8-11-21(17)31-23(30)16-4-6-18(24)7-5-16/h2-13,26H,14H2,1H3,(H,28,29)/b27-13+. The van der Waals surface area contributed by atoms with Gasteiger partial charge in [-0.2, -0.15) is 5.10 Å². The summed E-state index contributed by atoms with van der Waals surface area (Å²) in [5.41, 5.74) is 5.40. The maximum atomic E-state index is 12.4. The quantitative estimate of drug-likeness (QED) is 0.183. The highest BCUT2D eigenvalue weighted by Crippen LogP contribution is 2.23. The highest BCUT2D eigenvalue weighted by Gasteiger charge is 2.11. The number of amides is 1. The summed E-state index contributed by atoms with van der Waals surface area (Å²) in [6, 6.07) is 19.7. The number of hydrogen-bond donors (Lipinski definition) is 2. The van der Waals surface area contributed by atoms with E-state index in [9.17, 15) is 9.59 Å². The fraction of sp³-hybridized carbons (Fsp3) is 0.0870. The number of ether oxygens (including phenoxy) is 1. The van der Waals surface area contributed by atoms with Crippen LogP contribution in [0.2, 0.25) is 0 Å². The minimum atomic E-state index is -0.490. The maximum Gasteiger partial charge on any atom is 0.343 e. The largest absolute Gasteiger partial charge is 0.422 e. The van der Waals surface area contributed by atoms with Crippen molar-refractivity contribution in [1.82, 2.24) is 5.43 Å². The van der Waals surface area contributed by atoms with Gasteiger partial charge in [0, 0.05) is 20.2 Å². The third kappa shape index (κ3) is 7.04. The first kappa shape index (κ1) is 22.7. The van der Waals surface area contributed by atoms with Gasteiger partial charge < -0.3 is 10.1 Å². The Bertz CT molecular complexity index is 1100. The number of benzene rings is 3. The fourth-order valence-corrected chi connectivity index (χ4v) is 3.17. The van der Waals surface area contributed by atoms with E-state index in [1.54, 1.807) is 42.5 Å². The molecule has 3 aromatic rings. The Morgan fingerprint density at radius 3 is 2.35 bits per heavy atom. The Morgan fingerprint density at radius 2 is 1.65 bits per heavy atom. The number of esters is 1. The van der Waals surface area contributed by atoms with Crippen LogP contribution in [0.1, 0.15) is 21.5 Å². The first-order chi connectivity index (χ1) is 14.9. The van der Waals surface area contributed by atoms with E-state index >= 15 is 0 Å². The molecule has 0 atom stereocenters. The zero-order chi connectivity index (χ0) is 22.2. The number of carbonyl (C=O) groups excluding carboxylic acids is 2. The van der Waals surface area contributed by atoms with Gasteiger partial charge in [-0.05, 0) is 61.5 Å². The molecular formula is C23H19Br2N3O3. The summed E-state index contributed by atoms with van der Waals surface area (Å²) < 4.78 is 7.16. The van der Waals surface area contributed by atoms with Gasteiger partial charge in [-0.15, -0.1) is 0 Å². The smallest absolute Gasteiger partial charge is 0.343 e. The van der Waals surface area contributed by atoms with Crippen LogP contribution in [0, 0.1) is 6.92 Å². The van der Waals surface area contributed by atoms with E-state index in [4.69, 9.17) is 4.74 Å². The summed E-state index contributed by atoms with van der Waals surface area (Å²) in [5.74, 6) is -0.470. The van der Waals surface area contributed by atoms with Crippen molar-refractivity contribution in [2.75, 3.05) is 11.9 Å². The van der Waals surface area contributed by atoms with Crippen molar-refractivity contribution in [1.29, 1.82) is 0 Å². The Hall–Kier alpha value is -2.97. The lowest BCUT2D eigenvalue weighted by Crippen LogP contribution is -2.25. The van der Waals surface area contributed by atoms with E-state index in [0.29, 0.717) is 16.9 Å². The molecule has 0 unspecified atom stereocenters. The van der Waals surface area contributed by atoms with E-state index in [0.717, 1.165) is 20.2 Å². The third-order valence-electron chi connectivity index (χ3n) is 4.15. The van der Waals surface area contributed by atoms with E-state index in [1.807, 2.05) is 31.2 Å². The molecule has 0 aromatic heterocycles. The fourth-order valence-electron chi connectivity index (χ4n) is 2.53. The second-order valence-electron chi connectivity index (χ2n) is 6.59. The molecule has 158 valence electrons. The number of hydrazone groups is 1. The lowest BCUT2D eigenvalue weighted by Gasteiger charge is -2.08. The van der Waals surface area contributed by atoms with E-state index < -0.39 is 5.97 Å². The van der Waals surface area contributed by atoms with Gasteiger partial charge in [0.05, 0.1) is 18.3 Å². The van der Waals surface area contributed by atoms with Crippen LogP contribution in [0.15, 0.2) is 80.8 Å². The lowest BCUT2D eigenvalue weighted by molar-refractivity contribution is -0.119. The Balaban J connectivity index is 1.61. The molecule has 3 rings (SSSR count). The van der Waals surface area contributed by atoms with E-state index in [-0.39, 0.29) is 12.5 Å². The van der Waals surface area contributed by atoms with Gasteiger partial charge in [-0.3, -0.25) is 4.79 Å². The average molecular weight is 545 g/mol. The number of halogens is 2. The third-order valence-corrected chi connectivity index (χ3v) is 5.17. The maximum absolute atomic E-state index is 12.4. The van der Waals surface area contributed by atoms with Gasteiger partial charge in [0.15, 0.2) is 0 Å². The number of anilines is 1. The molecule has 0 saturated carbocycles. The van der Waals surface area contributed by atoms with Crippen LogP contribution < -0.4 is 15.5 Å². The monoisotopic (exact) mass is 543 g/mol. The van der Waals surface area contributed by atoms with Gasteiger partial charge in [-0.25, -0.2) is 10.2 Å². The molecule has 0 heterocycles. The first-order valence-corrected chi connectivity index (χ1v) is 10.9. The summed E-state index contributed by atoms with van der Waals surface area (Å²) >= 11 is 6.72. The molecule has 31 heavy (non-hydrogen) atoms. The van der Waals surface area contributed by atoms with Crippen LogP contribution in [0.5, 0.6) is 5.75 Å². The van der Waals surface area contributed by atoms with Crippen LogP contribution in [0.4, 0.5) is 5.69 Å². The number of nitrogens with zero attached hydrogens (tertiary/aromatic N) is 1. The van der Waals surface area contributed by atoms with Crippen LogP contribution in [-0.4, -0.2) is 24.6 Å². The molecule has 0 aliphatic rings. The van der Waals surface area contributed by atoms with Crippen molar-refractivity contribution >= 4 is 55.6 Å². The molecule has 0 bridgehead atoms. The van der Waals surface area contributed by atoms with E-state index in [1.165, 1.54) is 6.21 Å². The molecule has 0 aliphatic heterocycles. The average Bonchev–Trinajstić information content (AvgIpc) is 2.75. The van der Waals surface area contributed by atoms with Gasteiger partial charge >= 0.3 is 5.97 Å². The van der Waals surface area contributed by atoms with Gasteiger partial charge in [0.1, 0.15) is 5.75 Å². The highest BCUT2D eigenvalue weighted by atomic mass is 79.9. The molecule has 8 heteroatoms. The Labute approximate surface area is 197 Å². The van der Waals surface area contributed by atoms with Gasteiger partial charge in [0.2, 0.25) is 0 Å². The summed E-state index contributed by atoms with van der Waals surface area (Å²) in [4.78, 5) is 24.4. The van der Waals surface area contributed by atoms with Crippen molar-refractivity contribution in [3.8, 4) is 5.75 Å². The SMILES string of the molecule is Cc1ccc(NCC(=O)N/N=C/c2cc(Br)ccc2OC(=O)c2ccc(Br)cc2)cc1. The lowest BCUT2D eigenvalue weighted by atomic mass is 10.2. The molecular weight excluding hydrogens is 526 g/mol. The van der Waals surface area contributed by atoms with Crippen molar-refractivity contribution in [3.63, 3.8) is 0 Å². The van der Waals surface area contributed by atoms with Crippen molar-refractivity contribution < 1.29 is 14.3 Å². The predicted molar refractivity (Wildman–Crippen MR) is 129 cm³/mol. The zero-order valence-corrected chi connectivity index (χ0v) is 19.7. The second kappa shape index (κ2) is 10.9. The van der Waals surface area contributed by atoms with Gasteiger partial charge in [0.25, 0.3) is 5.91 Å². The Morgan fingerprint density at radius 1 is 0.968 bits per heavy atom. The number of aryl methyl sites for hydroxylation is 1. The Kier molecular flexibility index (Phi) is 7.97. The number of hydrogen-bond acceptors (Lipinski definition) is 5. The topological polar surface area (TPSA) is 79.8 Å². The number of nitrogens with one attached hydrogen (secondary N) is 2. The molecule has 0 saturated heterocycles. The molecule has 3 aromatic carbocycles. The van der Waals surface area contributed by atoms with Crippen LogP contribution in [0.25, 0.3) is 0 Å².